The van der Waals surface area contributed by atoms with Gasteiger partial charge in [-0.25, -0.2) is 4.98 Å². The molecule has 0 aliphatic heterocycles. The highest BCUT2D eigenvalue weighted by molar-refractivity contribution is 9.10. The van der Waals surface area contributed by atoms with E-state index in [1.165, 1.54) is 0 Å². The van der Waals surface area contributed by atoms with Crippen molar-refractivity contribution in [2.45, 2.75) is 6.04 Å². The number of aromatic nitrogens is 1. The second-order valence-corrected chi connectivity index (χ2v) is 3.95. The molecule has 1 N–H and O–H groups in total. The maximum Gasteiger partial charge on any atom is 0.140 e. The Morgan fingerprint density at radius 2 is 2.50 bits per heavy atom. The zero-order valence-corrected chi connectivity index (χ0v) is 10.2. The topological polar surface area (TPSA) is 34.1 Å². The molecular weight excluding hydrogens is 267 g/mol. The Morgan fingerprint density at radius 3 is 3.07 bits per heavy atom. The number of anilines is 1. The number of hydrogen-bond acceptors (Lipinski definition) is 3. The van der Waals surface area contributed by atoms with E-state index in [2.05, 4.69) is 26.2 Å². The Bertz CT molecular complexity index is 285. The van der Waals surface area contributed by atoms with Gasteiger partial charge in [-0.05, 0) is 28.1 Å². The number of nitrogens with zero attached hydrogens (tertiary/aromatic N) is 1. The van der Waals surface area contributed by atoms with Crippen LogP contribution in [0.15, 0.2) is 22.8 Å². The van der Waals surface area contributed by atoms with Gasteiger partial charge in [0, 0.05) is 19.2 Å². The first-order valence-electron chi connectivity index (χ1n) is 4.20. The van der Waals surface area contributed by atoms with E-state index in [-0.39, 0.29) is 6.04 Å². The van der Waals surface area contributed by atoms with Gasteiger partial charge < -0.3 is 10.1 Å². The Kier molecular flexibility index (Phi) is 5.22. The lowest BCUT2D eigenvalue weighted by atomic mass is 10.3. The van der Waals surface area contributed by atoms with Crippen molar-refractivity contribution in [2.75, 3.05) is 24.9 Å². The van der Waals surface area contributed by atoms with Gasteiger partial charge in [0.05, 0.1) is 17.1 Å². The average molecular weight is 280 g/mol. The van der Waals surface area contributed by atoms with E-state index in [1.807, 2.05) is 12.1 Å². The average Bonchev–Trinajstić information content (AvgIpc) is 2.20. The number of rotatable bonds is 5. The monoisotopic (exact) mass is 278 g/mol. The van der Waals surface area contributed by atoms with E-state index in [0.717, 1.165) is 10.3 Å². The highest BCUT2D eigenvalue weighted by Gasteiger charge is 2.08. The van der Waals surface area contributed by atoms with E-state index >= 15 is 0 Å². The lowest BCUT2D eigenvalue weighted by Gasteiger charge is -2.16. The number of halogens is 2. The molecule has 0 bridgehead atoms. The smallest absolute Gasteiger partial charge is 0.140 e. The Morgan fingerprint density at radius 1 is 1.71 bits per heavy atom. The van der Waals surface area contributed by atoms with Crippen LogP contribution in [0.3, 0.4) is 0 Å². The van der Waals surface area contributed by atoms with Crippen LogP contribution >= 0.6 is 27.5 Å². The number of alkyl halides is 1. The summed E-state index contributed by atoms with van der Waals surface area (Å²) >= 11 is 9.16. The van der Waals surface area contributed by atoms with Gasteiger partial charge in [-0.15, -0.1) is 11.6 Å². The fourth-order valence-corrected chi connectivity index (χ4v) is 1.55. The highest BCUT2D eigenvalue weighted by atomic mass is 79.9. The van der Waals surface area contributed by atoms with Gasteiger partial charge >= 0.3 is 0 Å². The van der Waals surface area contributed by atoms with Gasteiger partial charge in [0.25, 0.3) is 0 Å². The third-order valence-electron chi connectivity index (χ3n) is 1.65. The maximum absolute atomic E-state index is 5.76. The zero-order valence-electron chi connectivity index (χ0n) is 7.84. The van der Waals surface area contributed by atoms with Gasteiger partial charge in [0.1, 0.15) is 5.82 Å². The molecule has 78 valence electrons. The minimum Gasteiger partial charge on any atom is -0.383 e. The third kappa shape index (κ3) is 3.44. The van der Waals surface area contributed by atoms with Crippen molar-refractivity contribution < 1.29 is 4.74 Å². The maximum atomic E-state index is 5.76. The molecule has 5 heteroatoms. The summed E-state index contributed by atoms with van der Waals surface area (Å²) in [6.45, 7) is 0.562. The van der Waals surface area contributed by atoms with Crippen LogP contribution in [-0.4, -0.2) is 30.6 Å². The van der Waals surface area contributed by atoms with Crippen molar-refractivity contribution in [3.05, 3.63) is 22.8 Å². The number of pyridine rings is 1. The number of ether oxygens (including phenoxy) is 1. The normalized spacial score (nSPS) is 12.5. The molecule has 0 aliphatic rings. The molecule has 1 aromatic rings. The summed E-state index contributed by atoms with van der Waals surface area (Å²) < 4.78 is 5.94. The second kappa shape index (κ2) is 6.22. The molecular formula is C9H12BrClN2O. The fraction of sp³-hybridized carbons (Fsp3) is 0.444. The molecule has 0 radical (unpaired) electrons. The first-order valence-corrected chi connectivity index (χ1v) is 5.52. The van der Waals surface area contributed by atoms with Crippen LogP contribution < -0.4 is 5.32 Å². The molecule has 0 aliphatic carbocycles. The minimum absolute atomic E-state index is 0.0767. The number of methoxy groups -OCH3 is 1. The molecule has 1 atom stereocenters. The molecule has 1 rings (SSSR count). The van der Waals surface area contributed by atoms with Crippen LogP contribution in [0.1, 0.15) is 0 Å². The standard InChI is InChI=1S/C9H12BrClN2O/c1-14-6-7(5-11)13-9-8(10)3-2-4-12-9/h2-4,7H,5-6H2,1H3,(H,12,13). The first-order chi connectivity index (χ1) is 6.77. The molecule has 14 heavy (non-hydrogen) atoms. The molecule has 1 heterocycles. The van der Waals surface area contributed by atoms with Crippen LogP contribution in [0, 0.1) is 0 Å². The zero-order chi connectivity index (χ0) is 10.4. The summed E-state index contributed by atoms with van der Waals surface area (Å²) in [5.74, 6) is 1.27. The van der Waals surface area contributed by atoms with Crippen molar-refractivity contribution in [3.63, 3.8) is 0 Å². The summed E-state index contributed by atoms with van der Waals surface area (Å²) in [5.41, 5.74) is 0. The molecule has 1 unspecified atom stereocenters. The van der Waals surface area contributed by atoms with Crippen LogP contribution in [-0.2, 0) is 4.74 Å². The fourth-order valence-electron chi connectivity index (χ4n) is 1.01. The molecule has 0 saturated heterocycles. The third-order valence-corrected chi connectivity index (χ3v) is 2.67. The Hall–Kier alpha value is -0.320. The van der Waals surface area contributed by atoms with Crippen molar-refractivity contribution in [1.82, 2.24) is 4.98 Å². The van der Waals surface area contributed by atoms with Crippen molar-refractivity contribution in [1.29, 1.82) is 0 Å². The van der Waals surface area contributed by atoms with E-state index < -0.39 is 0 Å². The molecule has 0 aromatic carbocycles. The van der Waals surface area contributed by atoms with E-state index in [1.54, 1.807) is 13.3 Å². The summed E-state index contributed by atoms with van der Waals surface area (Å²) in [5, 5.41) is 3.18. The summed E-state index contributed by atoms with van der Waals surface area (Å²) in [6, 6.07) is 3.86. The summed E-state index contributed by atoms with van der Waals surface area (Å²) in [7, 11) is 1.65. The van der Waals surface area contributed by atoms with Crippen LogP contribution in [0.2, 0.25) is 0 Å². The van der Waals surface area contributed by atoms with E-state index in [9.17, 15) is 0 Å². The van der Waals surface area contributed by atoms with Crippen molar-refractivity contribution in [3.8, 4) is 0 Å². The first kappa shape index (κ1) is 11.8. The lowest BCUT2D eigenvalue weighted by molar-refractivity contribution is 0.191. The minimum atomic E-state index is 0.0767. The Labute approximate surface area is 96.9 Å². The Balaban J connectivity index is 2.62. The molecule has 0 fully saturated rings. The SMILES string of the molecule is COCC(CCl)Nc1ncccc1Br. The van der Waals surface area contributed by atoms with E-state index in [4.69, 9.17) is 16.3 Å². The lowest BCUT2D eigenvalue weighted by Crippen LogP contribution is -2.27. The molecule has 0 spiro atoms. The van der Waals surface area contributed by atoms with Crippen molar-refractivity contribution in [2.24, 2.45) is 0 Å². The van der Waals surface area contributed by atoms with Crippen LogP contribution in [0.5, 0.6) is 0 Å². The summed E-state index contributed by atoms with van der Waals surface area (Å²) in [4.78, 5) is 4.18. The van der Waals surface area contributed by atoms with Crippen LogP contribution in [0.4, 0.5) is 5.82 Å². The van der Waals surface area contributed by atoms with Gasteiger partial charge in [0.2, 0.25) is 0 Å². The number of nitrogens with one attached hydrogen (secondary N) is 1. The van der Waals surface area contributed by atoms with Gasteiger partial charge in [-0.3, -0.25) is 0 Å². The molecule has 3 nitrogen and oxygen atoms in total. The molecule has 1 aromatic heterocycles. The predicted octanol–water partition coefficient (Wildman–Crippen LogP) is 2.51. The highest BCUT2D eigenvalue weighted by Crippen LogP contribution is 2.19. The van der Waals surface area contributed by atoms with Gasteiger partial charge in [0.15, 0.2) is 0 Å². The van der Waals surface area contributed by atoms with E-state index in [0.29, 0.717) is 12.5 Å². The quantitative estimate of drug-likeness (QED) is 0.841. The van der Waals surface area contributed by atoms with Gasteiger partial charge in [-0.2, -0.15) is 0 Å². The van der Waals surface area contributed by atoms with Crippen molar-refractivity contribution >= 4 is 33.3 Å². The second-order valence-electron chi connectivity index (χ2n) is 2.78. The molecule has 0 amide bonds. The summed E-state index contributed by atoms with van der Waals surface area (Å²) in [6.07, 6.45) is 1.73. The number of hydrogen-bond donors (Lipinski definition) is 1. The van der Waals surface area contributed by atoms with Gasteiger partial charge in [-0.1, -0.05) is 0 Å². The largest absolute Gasteiger partial charge is 0.383 e. The van der Waals surface area contributed by atoms with Crippen LogP contribution in [0.25, 0.3) is 0 Å². The predicted molar refractivity (Wildman–Crippen MR) is 61.9 cm³/mol. The molecule has 0 saturated carbocycles.